The van der Waals surface area contributed by atoms with Gasteiger partial charge in [0.05, 0.1) is 46.9 Å². The molecule has 0 aromatic heterocycles. The molecule has 2 unspecified atom stereocenters. The summed E-state index contributed by atoms with van der Waals surface area (Å²) in [6.07, 6.45) is -4.05. The van der Waals surface area contributed by atoms with Crippen LogP contribution in [-0.2, 0) is 20.5 Å². The molecule has 0 radical (unpaired) electrons. The first kappa shape index (κ1) is 15.1. The number of fused-ring (bicyclic) bond motifs is 5. The van der Waals surface area contributed by atoms with Gasteiger partial charge in [0, 0.05) is 0 Å². The van der Waals surface area contributed by atoms with Gasteiger partial charge in [-0.3, -0.25) is 9.59 Å². The summed E-state index contributed by atoms with van der Waals surface area (Å²) in [5, 5.41) is 8.84. The van der Waals surface area contributed by atoms with Gasteiger partial charge in [-0.05, 0) is 31.0 Å². The molecule has 0 N–H and O–H groups in total. The molecule has 2 bridgehead atoms. The molecule has 3 heterocycles. The fraction of sp³-hybridized carbons (Fsp3) is 0.438. The topological polar surface area (TPSA) is 70.4 Å². The van der Waals surface area contributed by atoms with Crippen LogP contribution in [0.25, 0.3) is 0 Å². The number of carbonyl (C=O) groups excluding carboxylic acids is 2. The lowest BCUT2D eigenvalue weighted by molar-refractivity contribution is -0.138. The number of nitrogens with zero attached hydrogens (tertiary/aromatic N) is 2. The minimum atomic E-state index is -4.75. The Morgan fingerprint density at radius 2 is 1.71 bits per heavy atom. The van der Waals surface area contributed by atoms with Crippen molar-refractivity contribution in [2.75, 3.05) is 4.90 Å². The van der Waals surface area contributed by atoms with Crippen LogP contribution in [-0.4, -0.2) is 24.0 Å². The largest absolute Gasteiger partial charge is 0.417 e. The average molecular weight is 336 g/mol. The Morgan fingerprint density at radius 1 is 1.12 bits per heavy atom. The normalized spacial score (nSPS) is 31.5. The third kappa shape index (κ3) is 1.91. The Kier molecular flexibility index (Phi) is 3.03. The molecule has 0 saturated carbocycles. The first-order chi connectivity index (χ1) is 11.3. The molecule has 3 aliphatic heterocycles. The molecule has 1 aromatic carbocycles. The van der Waals surface area contributed by atoms with Crippen LogP contribution in [0.5, 0.6) is 0 Å². The highest BCUT2D eigenvalue weighted by Gasteiger charge is 2.62. The molecular weight excluding hydrogens is 325 g/mol. The molecule has 4 atom stereocenters. The predicted molar refractivity (Wildman–Crippen MR) is 73.5 cm³/mol. The summed E-state index contributed by atoms with van der Waals surface area (Å²) in [7, 11) is 0. The Balaban J connectivity index is 1.76. The lowest BCUT2D eigenvalue weighted by Crippen LogP contribution is -2.34. The summed E-state index contributed by atoms with van der Waals surface area (Å²) < 4.78 is 44.9. The summed E-state index contributed by atoms with van der Waals surface area (Å²) in [5.74, 6) is -2.26. The molecule has 3 fully saturated rings. The molecule has 24 heavy (non-hydrogen) atoms. The van der Waals surface area contributed by atoms with E-state index in [1.54, 1.807) is 0 Å². The molecule has 1 aromatic rings. The van der Waals surface area contributed by atoms with Gasteiger partial charge in [-0.2, -0.15) is 18.4 Å². The number of nitriles is 1. The maximum absolute atomic E-state index is 13.1. The molecule has 8 heteroatoms. The second kappa shape index (κ2) is 4.80. The van der Waals surface area contributed by atoms with Gasteiger partial charge >= 0.3 is 6.18 Å². The van der Waals surface area contributed by atoms with Gasteiger partial charge in [-0.1, -0.05) is 0 Å². The third-order valence-corrected chi connectivity index (χ3v) is 4.97. The van der Waals surface area contributed by atoms with Crippen LogP contribution in [0.15, 0.2) is 18.2 Å². The molecule has 0 aliphatic carbocycles. The molecule has 4 rings (SSSR count). The average Bonchev–Trinajstić information content (AvgIpc) is 3.20. The van der Waals surface area contributed by atoms with Crippen molar-refractivity contribution in [2.45, 2.75) is 31.2 Å². The SMILES string of the molecule is N#Cc1ccc(N2C(=O)[C@@H]3C4CCC(O4)[C@@H]3C2=O)cc1C(F)(F)F. The van der Waals surface area contributed by atoms with Crippen molar-refractivity contribution in [2.24, 2.45) is 11.8 Å². The van der Waals surface area contributed by atoms with E-state index in [9.17, 15) is 22.8 Å². The van der Waals surface area contributed by atoms with Crippen LogP contribution in [0.4, 0.5) is 18.9 Å². The van der Waals surface area contributed by atoms with Crippen molar-refractivity contribution in [1.29, 1.82) is 5.26 Å². The lowest BCUT2D eigenvalue weighted by atomic mass is 9.81. The monoisotopic (exact) mass is 336 g/mol. The second-order valence-electron chi connectivity index (χ2n) is 6.19. The minimum Gasteiger partial charge on any atom is -0.373 e. The zero-order valence-corrected chi connectivity index (χ0v) is 12.2. The predicted octanol–water partition coefficient (Wildman–Crippen LogP) is 2.24. The summed E-state index contributed by atoms with van der Waals surface area (Å²) in [6, 6.07) is 4.36. The first-order valence-electron chi connectivity index (χ1n) is 7.47. The van der Waals surface area contributed by atoms with Crippen LogP contribution in [0.3, 0.4) is 0 Å². The van der Waals surface area contributed by atoms with E-state index >= 15 is 0 Å². The third-order valence-electron chi connectivity index (χ3n) is 4.97. The van der Waals surface area contributed by atoms with Gasteiger partial charge < -0.3 is 4.74 Å². The van der Waals surface area contributed by atoms with Gasteiger partial charge in [0.25, 0.3) is 0 Å². The Labute approximate surface area is 134 Å². The zero-order valence-electron chi connectivity index (χ0n) is 12.2. The van der Waals surface area contributed by atoms with E-state index in [1.165, 1.54) is 12.1 Å². The van der Waals surface area contributed by atoms with Crippen molar-refractivity contribution in [3.63, 3.8) is 0 Å². The number of ether oxygens (including phenoxy) is 1. The highest BCUT2D eigenvalue weighted by molar-refractivity contribution is 6.22. The number of rotatable bonds is 1. The minimum absolute atomic E-state index is 0.148. The number of imide groups is 1. The standard InChI is InChI=1S/C16H11F3N2O3/c17-16(18,19)9-5-8(2-1-7(9)6-20)21-14(22)12-10-3-4-11(24-10)13(12)15(21)23/h1-2,5,10-13H,3-4H2/t10?,11?,12-,13+. The number of hydrogen-bond acceptors (Lipinski definition) is 4. The van der Waals surface area contributed by atoms with E-state index in [0.717, 1.165) is 11.0 Å². The number of halogens is 3. The van der Waals surface area contributed by atoms with Gasteiger partial charge in [-0.25, -0.2) is 4.90 Å². The van der Waals surface area contributed by atoms with E-state index in [2.05, 4.69) is 0 Å². The summed E-state index contributed by atoms with van der Waals surface area (Å²) in [4.78, 5) is 26.0. The van der Waals surface area contributed by atoms with E-state index in [-0.39, 0.29) is 17.9 Å². The van der Waals surface area contributed by atoms with Crippen LogP contribution >= 0.6 is 0 Å². The number of alkyl halides is 3. The Bertz CT molecular complexity index is 771. The van der Waals surface area contributed by atoms with Gasteiger partial charge in [0.1, 0.15) is 0 Å². The highest BCUT2D eigenvalue weighted by atomic mass is 19.4. The summed E-state index contributed by atoms with van der Waals surface area (Å²) in [5.41, 5.74) is -1.85. The molecule has 124 valence electrons. The molecule has 0 spiro atoms. The van der Waals surface area contributed by atoms with E-state index in [4.69, 9.17) is 10.00 Å². The molecular formula is C16H11F3N2O3. The van der Waals surface area contributed by atoms with Crippen molar-refractivity contribution >= 4 is 17.5 Å². The van der Waals surface area contributed by atoms with Gasteiger partial charge in [0.2, 0.25) is 11.8 Å². The van der Waals surface area contributed by atoms with Crippen LogP contribution in [0.2, 0.25) is 0 Å². The van der Waals surface area contributed by atoms with Crippen molar-refractivity contribution in [1.82, 2.24) is 0 Å². The van der Waals surface area contributed by atoms with Crippen molar-refractivity contribution in [3.8, 4) is 6.07 Å². The molecule has 3 aliphatic rings. The maximum atomic E-state index is 13.1. The molecule has 5 nitrogen and oxygen atoms in total. The van der Waals surface area contributed by atoms with E-state index < -0.39 is 41.0 Å². The van der Waals surface area contributed by atoms with Crippen LogP contribution < -0.4 is 4.90 Å². The van der Waals surface area contributed by atoms with Gasteiger partial charge in [-0.15, -0.1) is 0 Å². The highest BCUT2D eigenvalue weighted by Crippen LogP contribution is 2.49. The Hall–Kier alpha value is -2.40. The lowest BCUT2D eigenvalue weighted by Gasteiger charge is -2.19. The fourth-order valence-electron chi connectivity index (χ4n) is 3.97. The quantitative estimate of drug-likeness (QED) is 0.738. The number of anilines is 1. The second-order valence-corrected chi connectivity index (χ2v) is 6.19. The first-order valence-corrected chi connectivity index (χ1v) is 7.47. The number of hydrogen-bond donors (Lipinski definition) is 0. The maximum Gasteiger partial charge on any atom is 0.417 e. The fourth-order valence-corrected chi connectivity index (χ4v) is 3.97. The van der Waals surface area contributed by atoms with Crippen molar-refractivity contribution < 1.29 is 27.5 Å². The molecule has 2 amide bonds. The number of benzene rings is 1. The number of amides is 2. The van der Waals surface area contributed by atoms with Crippen molar-refractivity contribution in [3.05, 3.63) is 29.3 Å². The molecule has 3 saturated heterocycles. The van der Waals surface area contributed by atoms with Gasteiger partial charge in [0.15, 0.2) is 0 Å². The van der Waals surface area contributed by atoms with E-state index in [0.29, 0.717) is 18.9 Å². The summed E-state index contributed by atoms with van der Waals surface area (Å²) >= 11 is 0. The van der Waals surface area contributed by atoms with E-state index in [1.807, 2.05) is 0 Å². The summed E-state index contributed by atoms with van der Waals surface area (Å²) in [6.45, 7) is 0. The number of carbonyl (C=O) groups is 2. The smallest absolute Gasteiger partial charge is 0.373 e. The van der Waals surface area contributed by atoms with Crippen LogP contribution in [0.1, 0.15) is 24.0 Å². The zero-order chi connectivity index (χ0) is 17.2. The Morgan fingerprint density at radius 3 is 2.21 bits per heavy atom. The van der Waals surface area contributed by atoms with Crippen LogP contribution in [0, 0.1) is 23.2 Å².